The van der Waals surface area contributed by atoms with Crippen LogP contribution in [0.5, 0.6) is 0 Å². The zero-order valence-electron chi connectivity index (χ0n) is 15.2. The molecule has 0 unspecified atom stereocenters. The van der Waals surface area contributed by atoms with Crippen LogP contribution in [0.4, 0.5) is 0 Å². The summed E-state index contributed by atoms with van der Waals surface area (Å²) in [7, 11) is -4.27. The predicted molar refractivity (Wildman–Crippen MR) is 81.9 cm³/mol. The van der Waals surface area contributed by atoms with Crippen molar-refractivity contribution in [1.82, 2.24) is 0 Å². The van der Waals surface area contributed by atoms with Gasteiger partial charge in [0.25, 0.3) is 0 Å². The Kier molecular flexibility index (Phi) is 21.0. The molecule has 0 amide bonds. The Labute approximate surface area is 156 Å². The average molecular weight is 407 g/mol. The van der Waals surface area contributed by atoms with Gasteiger partial charge in [-0.05, 0) is 46.8 Å². The molecule has 156 valence electrons. The van der Waals surface area contributed by atoms with Crippen molar-refractivity contribution in [3.05, 3.63) is 29.8 Å². The first-order valence-electron chi connectivity index (χ1n) is 6.66. The number of carbonyl (C=O) groups is 4. The molecule has 0 aromatic heterocycles. The van der Waals surface area contributed by atoms with E-state index in [1.165, 1.54) is 12.1 Å². The normalized spacial score (nSPS) is 8.37. The van der Waals surface area contributed by atoms with Gasteiger partial charge in [0.1, 0.15) is 10.1 Å². The molecule has 0 saturated heterocycles. The Morgan fingerprint density at radius 1 is 0.667 bits per heavy atom. The lowest BCUT2D eigenvalue weighted by Crippen LogP contribution is -2.16. The lowest BCUT2D eigenvalue weighted by Gasteiger charge is -2.05. The molecule has 0 radical (unpaired) electrons. The minimum Gasteiger partial charge on any atom is -0.744 e. The van der Waals surface area contributed by atoms with E-state index in [0.29, 0.717) is 0 Å². The number of hydrogen-bond donors (Lipinski definition) is 0. The highest BCUT2D eigenvalue weighted by Crippen LogP contribution is 2.08. The molecule has 0 aliphatic heterocycles. The van der Waals surface area contributed by atoms with Crippen molar-refractivity contribution < 1.29 is 52.6 Å². The summed E-state index contributed by atoms with van der Waals surface area (Å²) in [5.74, 6) is -4.33. The van der Waals surface area contributed by atoms with Crippen LogP contribution in [0.3, 0.4) is 0 Å². The van der Waals surface area contributed by atoms with Crippen molar-refractivity contribution in [2.24, 2.45) is 0 Å². The van der Waals surface area contributed by atoms with E-state index in [2.05, 4.69) is 0 Å². The van der Waals surface area contributed by atoms with Gasteiger partial charge in [0.2, 0.25) is 0 Å². The molecule has 1 aromatic rings. The molecular weight excluding hydrogens is 388 g/mol. The van der Waals surface area contributed by atoms with E-state index in [1.54, 1.807) is 12.1 Å². The minimum atomic E-state index is -4.27. The summed E-state index contributed by atoms with van der Waals surface area (Å²) in [5, 5.41) is 35.6. The first-order chi connectivity index (χ1) is 11.9. The Morgan fingerprint density at radius 3 is 1.00 bits per heavy atom. The van der Waals surface area contributed by atoms with Crippen LogP contribution in [0.15, 0.2) is 29.2 Å². The van der Waals surface area contributed by atoms with Crippen LogP contribution >= 0.6 is 0 Å². The number of benzene rings is 1. The summed E-state index contributed by atoms with van der Waals surface area (Å²) in [6, 6.07) is 5.78. The highest BCUT2D eigenvalue weighted by molar-refractivity contribution is 7.85. The summed E-state index contributed by atoms with van der Waals surface area (Å²) in [6.07, 6.45) is 0. The number of rotatable bonds is 1. The molecule has 27 heavy (non-hydrogen) atoms. The largest absolute Gasteiger partial charge is 0.744 e. The molecule has 0 fully saturated rings. The first kappa shape index (κ1) is 31.7. The highest BCUT2D eigenvalue weighted by atomic mass is 32.2. The molecule has 1 aromatic carbocycles. The van der Waals surface area contributed by atoms with Crippen LogP contribution in [0, 0.1) is 6.92 Å². The standard InChI is InChI=1S/C7H8O3S.4C2H4O2/c1-6-2-4-7(5-3-6)11(8,9)10;4*1-2(3)4/h2-5H,1H3,(H,8,9,10);4*1H3,(H,3,4)/p-5. The quantitative estimate of drug-likeness (QED) is 0.407. The van der Waals surface area contributed by atoms with E-state index in [0.717, 1.165) is 33.3 Å². The molecule has 0 saturated carbocycles. The highest BCUT2D eigenvalue weighted by Gasteiger charge is 1.97. The van der Waals surface area contributed by atoms with E-state index in [1.807, 2.05) is 6.92 Å². The fourth-order valence-electron chi connectivity index (χ4n) is 0.705. The Hall–Kier alpha value is -2.99. The van der Waals surface area contributed by atoms with Gasteiger partial charge in [0, 0.05) is 23.9 Å². The maximum atomic E-state index is 10.4. The Balaban J connectivity index is -0.000000139. The topological polar surface area (TPSA) is 218 Å². The van der Waals surface area contributed by atoms with Crippen LogP contribution in [-0.4, -0.2) is 36.8 Å². The lowest BCUT2D eigenvalue weighted by atomic mass is 10.2. The molecular formula is C15H19O11S-5. The molecule has 1 rings (SSSR count). The second kappa shape index (κ2) is 17.8. The summed E-state index contributed by atoms with van der Waals surface area (Å²) in [4.78, 5) is 35.4. The Morgan fingerprint density at radius 2 is 0.852 bits per heavy atom. The van der Waals surface area contributed by atoms with Crippen molar-refractivity contribution in [1.29, 1.82) is 0 Å². The summed E-state index contributed by atoms with van der Waals surface area (Å²) in [6.45, 7) is 5.71. The maximum absolute atomic E-state index is 10.4. The Bertz CT molecular complexity index is 612. The molecule has 0 atom stereocenters. The van der Waals surface area contributed by atoms with E-state index in [4.69, 9.17) is 39.6 Å². The van der Waals surface area contributed by atoms with Gasteiger partial charge < -0.3 is 44.2 Å². The summed E-state index contributed by atoms with van der Waals surface area (Å²) in [5.41, 5.74) is 0.928. The fourth-order valence-corrected chi connectivity index (χ4v) is 1.17. The number of aliphatic carboxylic acids is 4. The summed E-state index contributed by atoms with van der Waals surface area (Å²) >= 11 is 0. The fraction of sp³-hybridized carbons (Fsp3) is 0.333. The van der Waals surface area contributed by atoms with E-state index >= 15 is 0 Å². The summed E-state index contributed by atoms with van der Waals surface area (Å²) < 4.78 is 31.2. The van der Waals surface area contributed by atoms with Gasteiger partial charge >= 0.3 is 0 Å². The van der Waals surface area contributed by atoms with Crippen LogP contribution in [0.25, 0.3) is 0 Å². The molecule has 0 aliphatic rings. The number of carboxylic acids is 4. The number of aryl methyl sites for hydroxylation is 1. The third kappa shape index (κ3) is 60.0. The number of carboxylic acid groups (broad SMARTS) is 4. The monoisotopic (exact) mass is 407 g/mol. The van der Waals surface area contributed by atoms with Crippen molar-refractivity contribution in [2.75, 3.05) is 0 Å². The molecule has 11 nitrogen and oxygen atoms in total. The number of hydrogen-bond acceptors (Lipinski definition) is 11. The van der Waals surface area contributed by atoms with Crippen LogP contribution < -0.4 is 20.4 Å². The second-order valence-corrected chi connectivity index (χ2v) is 5.61. The van der Waals surface area contributed by atoms with Crippen molar-refractivity contribution in [3.63, 3.8) is 0 Å². The van der Waals surface area contributed by atoms with Gasteiger partial charge in [0.05, 0.1) is 4.90 Å². The van der Waals surface area contributed by atoms with Gasteiger partial charge in [-0.2, -0.15) is 0 Å². The van der Waals surface area contributed by atoms with Gasteiger partial charge in [-0.15, -0.1) is 0 Å². The molecule has 0 aliphatic carbocycles. The van der Waals surface area contributed by atoms with Gasteiger partial charge in [0.15, 0.2) is 0 Å². The van der Waals surface area contributed by atoms with Gasteiger partial charge in [-0.3, -0.25) is 0 Å². The maximum Gasteiger partial charge on any atom is 0.124 e. The smallest absolute Gasteiger partial charge is 0.124 e. The molecule has 0 bridgehead atoms. The SMILES string of the molecule is CC(=O)[O-].CC(=O)[O-].CC(=O)[O-].CC(=O)[O-].Cc1ccc(S(=O)(=O)[O-])cc1. The predicted octanol–water partition coefficient (Wildman–Crippen LogP) is -4.08. The third-order valence-electron chi connectivity index (χ3n) is 1.31. The molecule has 0 heterocycles. The van der Waals surface area contributed by atoms with Crippen molar-refractivity contribution >= 4 is 34.0 Å². The van der Waals surface area contributed by atoms with Crippen LogP contribution in [0.2, 0.25) is 0 Å². The lowest BCUT2D eigenvalue weighted by molar-refractivity contribution is -0.303. The average Bonchev–Trinajstić information content (AvgIpc) is 2.35. The van der Waals surface area contributed by atoms with Crippen molar-refractivity contribution in [3.8, 4) is 0 Å². The van der Waals surface area contributed by atoms with E-state index < -0.39 is 34.0 Å². The zero-order valence-corrected chi connectivity index (χ0v) is 16.0. The third-order valence-corrected chi connectivity index (χ3v) is 2.16. The van der Waals surface area contributed by atoms with Crippen molar-refractivity contribution in [2.45, 2.75) is 39.5 Å². The van der Waals surface area contributed by atoms with Gasteiger partial charge in [-0.1, -0.05) is 17.7 Å². The minimum absolute atomic E-state index is 0.178. The molecule has 0 N–H and O–H groups in total. The molecule has 0 spiro atoms. The van der Waals surface area contributed by atoms with Crippen LogP contribution in [0.1, 0.15) is 33.3 Å². The number of carbonyl (C=O) groups excluding carboxylic acids is 4. The van der Waals surface area contributed by atoms with Crippen LogP contribution in [-0.2, 0) is 29.3 Å². The van der Waals surface area contributed by atoms with E-state index in [9.17, 15) is 13.0 Å². The zero-order chi connectivity index (χ0) is 22.8. The molecule has 12 heteroatoms. The van der Waals surface area contributed by atoms with Gasteiger partial charge in [-0.25, -0.2) is 8.42 Å². The first-order valence-corrected chi connectivity index (χ1v) is 8.07. The second-order valence-electron chi connectivity index (χ2n) is 4.23. The van der Waals surface area contributed by atoms with E-state index in [-0.39, 0.29) is 4.90 Å².